The summed E-state index contributed by atoms with van der Waals surface area (Å²) in [5, 5.41) is 2.94. The number of benzene rings is 1. The predicted octanol–water partition coefficient (Wildman–Crippen LogP) is 5.13. The zero-order valence-corrected chi connectivity index (χ0v) is 19.2. The minimum Gasteiger partial charge on any atom is -0.495 e. The second kappa shape index (κ2) is 8.78. The molecule has 0 aliphatic carbocycles. The number of rotatable bonds is 5. The number of nitrogens with zero attached hydrogens (tertiary/aromatic N) is 5. The summed E-state index contributed by atoms with van der Waals surface area (Å²) in [4.78, 5) is 29.2. The van der Waals surface area contributed by atoms with Crippen LogP contribution in [0, 0.1) is 0 Å². The summed E-state index contributed by atoms with van der Waals surface area (Å²) in [7, 11) is 1.55. The molecular weight excluding hydrogens is 466 g/mol. The molecule has 4 aromatic rings. The van der Waals surface area contributed by atoms with Gasteiger partial charge in [0.25, 0.3) is 5.91 Å². The van der Waals surface area contributed by atoms with Gasteiger partial charge in [0.15, 0.2) is 5.17 Å². The lowest BCUT2D eigenvalue weighted by Gasteiger charge is -2.18. The van der Waals surface area contributed by atoms with E-state index in [1.807, 2.05) is 40.4 Å². The lowest BCUT2D eigenvalue weighted by molar-refractivity contribution is -0.113. The van der Waals surface area contributed by atoms with E-state index in [1.54, 1.807) is 53.8 Å². The van der Waals surface area contributed by atoms with Crippen molar-refractivity contribution in [3.8, 4) is 5.75 Å². The SMILES string of the molecule is COc1ccc(N2C(=O)/C(=C\c3cccs3)N=C2SCc2cn3cccnc3n2)cc1Cl. The molecule has 32 heavy (non-hydrogen) atoms. The molecule has 0 radical (unpaired) electrons. The fraction of sp³-hybridized carbons (Fsp3) is 0.0909. The van der Waals surface area contributed by atoms with E-state index >= 15 is 0 Å². The van der Waals surface area contributed by atoms with Crippen molar-refractivity contribution in [1.29, 1.82) is 0 Å². The monoisotopic (exact) mass is 481 g/mol. The number of carbonyl (C=O) groups is 1. The van der Waals surface area contributed by atoms with Crippen molar-refractivity contribution < 1.29 is 9.53 Å². The van der Waals surface area contributed by atoms with Gasteiger partial charge in [-0.15, -0.1) is 11.3 Å². The van der Waals surface area contributed by atoms with Gasteiger partial charge in [-0.3, -0.25) is 14.1 Å². The Labute approximate surface area is 197 Å². The zero-order valence-electron chi connectivity index (χ0n) is 16.8. The number of methoxy groups -OCH3 is 1. The zero-order chi connectivity index (χ0) is 22.1. The Balaban J connectivity index is 1.47. The summed E-state index contributed by atoms with van der Waals surface area (Å²) in [5.41, 5.74) is 1.84. The van der Waals surface area contributed by atoms with E-state index in [9.17, 15) is 4.79 Å². The summed E-state index contributed by atoms with van der Waals surface area (Å²) >= 11 is 9.31. The number of ether oxygens (including phenoxy) is 1. The standard InChI is InChI=1S/C22H16ClN5O2S2/c1-30-19-6-5-15(10-17(19)23)28-20(29)18(11-16-4-2-9-31-16)26-22(28)32-13-14-12-27-8-3-7-24-21(27)25-14/h2-12H,13H2,1H3/b18-11+. The molecule has 0 unspecified atom stereocenters. The van der Waals surface area contributed by atoms with Gasteiger partial charge in [0, 0.05) is 29.2 Å². The van der Waals surface area contributed by atoms with E-state index in [0.29, 0.717) is 38.9 Å². The summed E-state index contributed by atoms with van der Waals surface area (Å²) in [6.45, 7) is 0. The van der Waals surface area contributed by atoms with Crippen LogP contribution in [0.3, 0.4) is 0 Å². The lowest BCUT2D eigenvalue weighted by Crippen LogP contribution is -2.30. The van der Waals surface area contributed by atoms with Crippen LogP contribution in [0.4, 0.5) is 5.69 Å². The van der Waals surface area contributed by atoms with E-state index in [1.165, 1.54) is 11.8 Å². The Morgan fingerprint density at radius 3 is 2.94 bits per heavy atom. The van der Waals surface area contributed by atoms with Crippen LogP contribution in [0.25, 0.3) is 11.9 Å². The molecule has 3 aromatic heterocycles. The molecule has 5 rings (SSSR count). The highest BCUT2D eigenvalue weighted by Crippen LogP contribution is 2.35. The first kappa shape index (κ1) is 20.7. The number of hydrogen-bond donors (Lipinski definition) is 0. The van der Waals surface area contributed by atoms with Crippen LogP contribution in [0.1, 0.15) is 10.6 Å². The number of imidazole rings is 1. The van der Waals surface area contributed by atoms with E-state index in [-0.39, 0.29) is 5.91 Å². The number of amidine groups is 1. The van der Waals surface area contributed by atoms with E-state index in [2.05, 4.69) is 15.0 Å². The van der Waals surface area contributed by atoms with Crippen molar-refractivity contribution in [2.24, 2.45) is 4.99 Å². The van der Waals surface area contributed by atoms with Gasteiger partial charge >= 0.3 is 0 Å². The molecule has 0 spiro atoms. The topological polar surface area (TPSA) is 72.1 Å². The average Bonchev–Trinajstić information content (AvgIpc) is 3.52. The highest BCUT2D eigenvalue weighted by molar-refractivity contribution is 8.13. The molecule has 160 valence electrons. The number of halogens is 1. The maximum atomic E-state index is 13.3. The third kappa shape index (κ3) is 4.02. The Bertz CT molecular complexity index is 1330. The Morgan fingerprint density at radius 2 is 2.19 bits per heavy atom. The van der Waals surface area contributed by atoms with Crippen molar-refractivity contribution in [3.63, 3.8) is 0 Å². The van der Waals surface area contributed by atoms with Crippen molar-refractivity contribution in [2.75, 3.05) is 12.0 Å². The lowest BCUT2D eigenvalue weighted by atomic mass is 10.2. The van der Waals surface area contributed by atoms with Gasteiger partial charge in [0.2, 0.25) is 5.78 Å². The number of anilines is 1. The maximum absolute atomic E-state index is 13.3. The van der Waals surface area contributed by atoms with E-state index in [0.717, 1.165) is 10.6 Å². The number of thiophene rings is 1. The third-order valence-corrected chi connectivity index (χ3v) is 6.77. The minimum absolute atomic E-state index is 0.209. The van der Waals surface area contributed by atoms with Crippen LogP contribution >= 0.6 is 34.7 Å². The Morgan fingerprint density at radius 1 is 1.28 bits per heavy atom. The van der Waals surface area contributed by atoms with Crippen molar-refractivity contribution in [1.82, 2.24) is 14.4 Å². The molecule has 10 heteroatoms. The number of carbonyl (C=O) groups excluding carboxylic acids is 1. The Hall–Kier alpha value is -3.14. The second-order valence-electron chi connectivity index (χ2n) is 6.75. The first-order valence-electron chi connectivity index (χ1n) is 9.55. The molecule has 0 atom stereocenters. The largest absolute Gasteiger partial charge is 0.495 e. The summed E-state index contributed by atoms with van der Waals surface area (Å²) in [5.74, 6) is 1.49. The van der Waals surface area contributed by atoms with Crippen LogP contribution in [-0.4, -0.2) is 32.6 Å². The van der Waals surface area contributed by atoms with Crippen LogP contribution in [0.2, 0.25) is 5.02 Å². The number of amides is 1. The number of hydrogen-bond acceptors (Lipinski definition) is 7. The fourth-order valence-corrected chi connectivity index (χ4v) is 5.01. The molecule has 0 fully saturated rings. The molecular formula is C22H16ClN5O2S2. The number of thioether (sulfide) groups is 1. The molecule has 0 N–H and O–H groups in total. The van der Waals surface area contributed by atoms with Crippen molar-refractivity contribution >= 4 is 63.3 Å². The smallest absolute Gasteiger partial charge is 0.283 e. The normalized spacial score (nSPS) is 15.1. The molecule has 0 saturated carbocycles. The highest BCUT2D eigenvalue weighted by Gasteiger charge is 2.32. The van der Waals surface area contributed by atoms with Crippen LogP contribution < -0.4 is 9.64 Å². The third-order valence-electron chi connectivity index (χ3n) is 4.68. The number of aliphatic imine (C=N–C) groups is 1. The van der Waals surface area contributed by atoms with Crippen LogP contribution in [0.5, 0.6) is 5.75 Å². The van der Waals surface area contributed by atoms with Gasteiger partial charge < -0.3 is 4.74 Å². The molecule has 1 aliphatic rings. The van der Waals surface area contributed by atoms with Gasteiger partial charge in [0.1, 0.15) is 11.4 Å². The molecule has 1 amide bonds. The highest BCUT2D eigenvalue weighted by atomic mass is 35.5. The summed E-state index contributed by atoms with van der Waals surface area (Å²) in [6, 6.07) is 11.0. The number of aromatic nitrogens is 3. The minimum atomic E-state index is -0.209. The number of fused-ring (bicyclic) bond motifs is 1. The maximum Gasteiger partial charge on any atom is 0.283 e. The first-order valence-corrected chi connectivity index (χ1v) is 11.8. The summed E-state index contributed by atoms with van der Waals surface area (Å²) < 4.78 is 7.11. The molecule has 1 aliphatic heterocycles. The average molecular weight is 482 g/mol. The molecule has 1 aromatic carbocycles. The molecule has 0 saturated heterocycles. The van der Waals surface area contributed by atoms with Gasteiger partial charge in [-0.2, -0.15) is 0 Å². The molecule has 4 heterocycles. The second-order valence-corrected chi connectivity index (χ2v) is 9.08. The fourth-order valence-electron chi connectivity index (χ4n) is 3.21. The summed E-state index contributed by atoms with van der Waals surface area (Å²) in [6.07, 6.45) is 7.32. The van der Waals surface area contributed by atoms with Crippen LogP contribution in [-0.2, 0) is 10.5 Å². The van der Waals surface area contributed by atoms with Gasteiger partial charge in [-0.25, -0.2) is 15.0 Å². The van der Waals surface area contributed by atoms with E-state index in [4.69, 9.17) is 16.3 Å². The predicted molar refractivity (Wildman–Crippen MR) is 130 cm³/mol. The first-order chi connectivity index (χ1) is 15.6. The van der Waals surface area contributed by atoms with Crippen molar-refractivity contribution in [3.05, 3.63) is 81.7 Å². The van der Waals surface area contributed by atoms with Gasteiger partial charge in [-0.1, -0.05) is 29.4 Å². The quantitative estimate of drug-likeness (QED) is 0.369. The van der Waals surface area contributed by atoms with Gasteiger partial charge in [-0.05, 0) is 41.8 Å². The Kier molecular flexibility index (Phi) is 5.69. The molecule has 0 bridgehead atoms. The van der Waals surface area contributed by atoms with Crippen LogP contribution in [0.15, 0.2) is 71.1 Å². The van der Waals surface area contributed by atoms with E-state index < -0.39 is 0 Å². The van der Waals surface area contributed by atoms with Gasteiger partial charge in [0.05, 0.1) is 23.5 Å². The van der Waals surface area contributed by atoms with Crippen molar-refractivity contribution in [2.45, 2.75) is 5.75 Å². The molecule has 7 nitrogen and oxygen atoms in total.